The Morgan fingerprint density at radius 1 is 1.09 bits per heavy atom. The highest BCUT2D eigenvalue weighted by Gasteiger charge is 2.20. The van der Waals surface area contributed by atoms with E-state index in [1.54, 1.807) is 30.8 Å². The molecular formula is C22H23N5O6S. The summed E-state index contributed by atoms with van der Waals surface area (Å²) in [5.74, 6) is -0.0570. The number of sulfonamides is 1. The number of nitrogens with zero attached hydrogens (tertiary/aromatic N) is 2. The fourth-order valence-electron chi connectivity index (χ4n) is 3.38. The van der Waals surface area contributed by atoms with Gasteiger partial charge in [-0.3, -0.25) is 19.0 Å². The number of hydrogen-bond donors (Lipinski definition) is 3. The number of carbonyl (C=O) groups excluding carboxylic acids is 2. The summed E-state index contributed by atoms with van der Waals surface area (Å²) in [4.78, 5) is 24.7. The number of fused-ring (bicyclic) bond motifs is 1. The monoisotopic (exact) mass is 485 g/mol. The maximum absolute atomic E-state index is 12.8. The number of ether oxygens (including phenoxy) is 2. The zero-order chi connectivity index (χ0) is 24.5. The molecule has 3 aromatic rings. The zero-order valence-corrected chi connectivity index (χ0v) is 19.5. The van der Waals surface area contributed by atoms with Gasteiger partial charge in [0.15, 0.2) is 11.5 Å². The lowest BCUT2D eigenvalue weighted by atomic mass is 10.2. The molecule has 34 heavy (non-hydrogen) atoms. The van der Waals surface area contributed by atoms with Gasteiger partial charge in [-0.1, -0.05) is 6.07 Å². The number of hydrogen-bond acceptors (Lipinski definition) is 7. The third kappa shape index (κ3) is 4.81. The van der Waals surface area contributed by atoms with Crippen molar-refractivity contribution in [3.8, 4) is 11.5 Å². The first-order chi connectivity index (χ1) is 16.1. The molecule has 4 rings (SSSR count). The first-order valence-electron chi connectivity index (χ1n) is 10.2. The van der Waals surface area contributed by atoms with Gasteiger partial charge in [0.05, 0.1) is 34.2 Å². The molecule has 1 aliphatic heterocycles. The van der Waals surface area contributed by atoms with E-state index in [4.69, 9.17) is 9.47 Å². The van der Waals surface area contributed by atoms with Crippen molar-refractivity contribution in [3.63, 3.8) is 0 Å². The van der Waals surface area contributed by atoms with Crippen LogP contribution in [0, 0.1) is 13.8 Å². The van der Waals surface area contributed by atoms with Gasteiger partial charge in [-0.2, -0.15) is 5.10 Å². The van der Waals surface area contributed by atoms with Crippen LogP contribution < -0.4 is 24.8 Å². The maximum Gasteiger partial charge on any atom is 0.261 e. The zero-order valence-electron chi connectivity index (χ0n) is 18.7. The molecule has 0 aliphatic carbocycles. The molecule has 0 atom stereocenters. The summed E-state index contributed by atoms with van der Waals surface area (Å²) in [6, 6.07) is 10.2. The summed E-state index contributed by atoms with van der Waals surface area (Å²) in [6.07, 6.45) is 0. The first kappa shape index (κ1) is 23.1. The molecule has 0 bridgehead atoms. The summed E-state index contributed by atoms with van der Waals surface area (Å²) in [6.45, 7) is 3.36. The van der Waals surface area contributed by atoms with Crippen LogP contribution in [0.15, 0.2) is 47.4 Å². The fourth-order valence-corrected chi connectivity index (χ4v) is 4.47. The molecule has 0 unspecified atom stereocenters. The second kappa shape index (κ2) is 9.06. The summed E-state index contributed by atoms with van der Waals surface area (Å²) in [7, 11) is -2.21. The van der Waals surface area contributed by atoms with Crippen molar-refractivity contribution in [1.29, 1.82) is 0 Å². The number of nitrogens with one attached hydrogen (secondary N) is 3. The van der Waals surface area contributed by atoms with E-state index in [-0.39, 0.29) is 29.5 Å². The Hall–Kier alpha value is -4.06. The van der Waals surface area contributed by atoms with E-state index >= 15 is 0 Å². The largest absolute Gasteiger partial charge is 0.454 e. The van der Waals surface area contributed by atoms with Crippen LogP contribution in [0.5, 0.6) is 11.5 Å². The average molecular weight is 486 g/mol. The minimum Gasteiger partial charge on any atom is -0.454 e. The maximum atomic E-state index is 12.8. The minimum absolute atomic E-state index is 0.0716. The Morgan fingerprint density at radius 2 is 1.85 bits per heavy atom. The van der Waals surface area contributed by atoms with Crippen LogP contribution >= 0.6 is 0 Å². The van der Waals surface area contributed by atoms with E-state index in [0.717, 1.165) is 5.69 Å². The lowest BCUT2D eigenvalue weighted by molar-refractivity contribution is -0.115. The highest BCUT2D eigenvalue weighted by Crippen LogP contribution is 2.34. The fraction of sp³-hybridized carbons (Fsp3) is 0.227. The second-order valence-electron chi connectivity index (χ2n) is 7.60. The summed E-state index contributed by atoms with van der Waals surface area (Å²) in [5, 5.41) is 9.45. The van der Waals surface area contributed by atoms with E-state index < -0.39 is 21.8 Å². The standard InChI is InChI=1S/C22H23N5O6S/c1-13-21(14(2)27(3)25-13)24-20(28)11-23-22(29)15-5-4-6-17(9-15)34(30,31)26-16-7-8-18-19(10-16)33-12-32-18/h4-10,26H,11-12H2,1-3H3,(H,23,29)(H,24,28). The highest BCUT2D eigenvalue weighted by molar-refractivity contribution is 7.92. The molecule has 2 amide bonds. The molecule has 12 heteroatoms. The Bertz CT molecular complexity index is 1380. The van der Waals surface area contributed by atoms with Crippen LogP contribution in [-0.4, -0.2) is 43.4 Å². The van der Waals surface area contributed by atoms with Crippen molar-refractivity contribution in [3.05, 3.63) is 59.4 Å². The molecule has 0 saturated heterocycles. The van der Waals surface area contributed by atoms with E-state index in [9.17, 15) is 18.0 Å². The molecular weight excluding hydrogens is 462 g/mol. The normalized spacial score (nSPS) is 12.3. The second-order valence-corrected chi connectivity index (χ2v) is 9.28. The number of aryl methyl sites for hydroxylation is 2. The average Bonchev–Trinajstić information content (AvgIpc) is 3.36. The number of anilines is 2. The number of aromatic nitrogens is 2. The van der Waals surface area contributed by atoms with Crippen molar-refractivity contribution in [2.24, 2.45) is 7.05 Å². The van der Waals surface area contributed by atoms with E-state index in [1.165, 1.54) is 30.3 Å². The van der Waals surface area contributed by atoms with Crippen molar-refractivity contribution in [2.75, 3.05) is 23.4 Å². The van der Waals surface area contributed by atoms with Gasteiger partial charge in [0, 0.05) is 18.7 Å². The van der Waals surface area contributed by atoms with E-state index in [1.807, 2.05) is 6.92 Å². The lowest BCUT2D eigenvalue weighted by Gasteiger charge is -2.11. The van der Waals surface area contributed by atoms with Crippen LogP contribution in [0.4, 0.5) is 11.4 Å². The van der Waals surface area contributed by atoms with Gasteiger partial charge in [-0.25, -0.2) is 8.42 Å². The third-order valence-corrected chi connectivity index (χ3v) is 6.59. The van der Waals surface area contributed by atoms with Crippen molar-refractivity contribution < 1.29 is 27.5 Å². The quantitative estimate of drug-likeness (QED) is 0.464. The highest BCUT2D eigenvalue weighted by atomic mass is 32.2. The minimum atomic E-state index is -3.98. The number of benzene rings is 2. The summed E-state index contributed by atoms with van der Waals surface area (Å²) >= 11 is 0. The summed E-state index contributed by atoms with van der Waals surface area (Å²) in [5.41, 5.74) is 2.41. The SMILES string of the molecule is Cc1nn(C)c(C)c1NC(=O)CNC(=O)c1cccc(S(=O)(=O)Nc2ccc3c(c2)OCO3)c1. The molecule has 0 fully saturated rings. The van der Waals surface area contributed by atoms with Crippen LogP contribution in [-0.2, 0) is 21.9 Å². The van der Waals surface area contributed by atoms with Crippen molar-refractivity contribution in [2.45, 2.75) is 18.7 Å². The number of carbonyl (C=O) groups is 2. The third-order valence-electron chi connectivity index (χ3n) is 5.21. The van der Waals surface area contributed by atoms with Crippen LogP contribution in [0.2, 0.25) is 0 Å². The number of amides is 2. The van der Waals surface area contributed by atoms with E-state index in [2.05, 4.69) is 20.5 Å². The molecule has 2 aromatic carbocycles. The van der Waals surface area contributed by atoms with Crippen molar-refractivity contribution in [1.82, 2.24) is 15.1 Å². The Morgan fingerprint density at radius 3 is 2.59 bits per heavy atom. The van der Waals surface area contributed by atoms with Crippen molar-refractivity contribution >= 4 is 33.2 Å². The smallest absolute Gasteiger partial charge is 0.261 e. The van der Waals surface area contributed by atoms with E-state index in [0.29, 0.717) is 22.9 Å². The van der Waals surface area contributed by atoms with Crippen LogP contribution in [0.3, 0.4) is 0 Å². The molecule has 1 aromatic heterocycles. The van der Waals surface area contributed by atoms with Gasteiger partial charge >= 0.3 is 0 Å². The molecule has 3 N–H and O–H groups in total. The molecule has 0 radical (unpaired) electrons. The number of rotatable bonds is 7. The predicted molar refractivity (Wildman–Crippen MR) is 123 cm³/mol. The van der Waals surface area contributed by atoms with Gasteiger partial charge < -0.3 is 20.1 Å². The van der Waals surface area contributed by atoms with Gasteiger partial charge in [0.1, 0.15) is 0 Å². The molecule has 0 spiro atoms. The van der Waals surface area contributed by atoms with Gasteiger partial charge in [0.2, 0.25) is 12.7 Å². The Kier molecular flexibility index (Phi) is 6.16. The predicted octanol–water partition coefficient (Wildman–Crippen LogP) is 1.93. The molecule has 0 saturated carbocycles. The van der Waals surface area contributed by atoms with Gasteiger partial charge in [0.25, 0.3) is 15.9 Å². The Labute approximate surface area is 196 Å². The first-order valence-corrected chi connectivity index (χ1v) is 11.7. The molecule has 178 valence electrons. The van der Waals surface area contributed by atoms with Crippen LogP contribution in [0.1, 0.15) is 21.7 Å². The molecule has 2 heterocycles. The van der Waals surface area contributed by atoms with Gasteiger partial charge in [-0.05, 0) is 44.2 Å². The lowest BCUT2D eigenvalue weighted by Crippen LogP contribution is -2.33. The summed E-state index contributed by atoms with van der Waals surface area (Å²) < 4.78 is 40.2. The molecule has 11 nitrogen and oxygen atoms in total. The molecule has 1 aliphatic rings. The topological polar surface area (TPSA) is 141 Å². The van der Waals surface area contributed by atoms with Gasteiger partial charge in [-0.15, -0.1) is 0 Å². The Balaban J connectivity index is 1.41. The van der Waals surface area contributed by atoms with Crippen LogP contribution in [0.25, 0.3) is 0 Å².